The molecule has 116 valence electrons. The lowest BCUT2D eigenvalue weighted by atomic mass is 10.0. The van der Waals surface area contributed by atoms with Crippen LogP contribution >= 0.6 is 22.6 Å². The fourth-order valence-electron chi connectivity index (χ4n) is 2.05. The first kappa shape index (κ1) is 17.9. The molecular weight excluding hydrogens is 383 g/mol. The van der Waals surface area contributed by atoms with Crippen LogP contribution < -0.4 is 0 Å². The van der Waals surface area contributed by atoms with Gasteiger partial charge >= 0.3 is 11.9 Å². The van der Waals surface area contributed by atoms with E-state index in [0.29, 0.717) is 3.57 Å². The minimum Gasteiger partial charge on any atom is -0.478 e. The van der Waals surface area contributed by atoms with Crippen molar-refractivity contribution in [2.75, 3.05) is 0 Å². The zero-order valence-electron chi connectivity index (χ0n) is 12.6. The van der Waals surface area contributed by atoms with Crippen LogP contribution in [0.5, 0.6) is 0 Å². The number of carboxylic acids is 1. The van der Waals surface area contributed by atoms with Crippen LogP contribution in [0.25, 0.3) is 0 Å². The smallest absolute Gasteiger partial charge is 0.339 e. The molecule has 0 radical (unpaired) electrons. The normalized spacial score (nSPS) is 12.2. The average Bonchev–Trinajstić information content (AvgIpc) is 2.42. The Morgan fingerprint density at radius 1 is 1.33 bits per heavy atom. The molecule has 4 nitrogen and oxygen atoms in total. The van der Waals surface area contributed by atoms with Gasteiger partial charge in [0, 0.05) is 3.57 Å². The second kappa shape index (κ2) is 8.36. The van der Waals surface area contributed by atoms with E-state index in [-0.39, 0.29) is 23.1 Å². The van der Waals surface area contributed by atoms with E-state index in [9.17, 15) is 14.7 Å². The van der Waals surface area contributed by atoms with Crippen LogP contribution in [0.15, 0.2) is 18.2 Å². The van der Waals surface area contributed by atoms with Gasteiger partial charge in [-0.25, -0.2) is 9.59 Å². The molecule has 0 fully saturated rings. The summed E-state index contributed by atoms with van der Waals surface area (Å²) in [4.78, 5) is 23.6. The monoisotopic (exact) mass is 404 g/mol. The molecule has 0 aliphatic carbocycles. The Hall–Kier alpha value is -1.11. The van der Waals surface area contributed by atoms with Gasteiger partial charge in [0.2, 0.25) is 0 Å². The molecule has 1 atom stereocenters. The second-order valence-electron chi connectivity index (χ2n) is 5.30. The van der Waals surface area contributed by atoms with Gasteiger partial charge in [0.05, 0.1) is 11.1 Å². The molecule has 0 saturated heterocycles. The number of ether oxygens (including phenoxy) is 1. The van der Waals surface area contributed by atoms with Gasteiger partial charge < -0.3 is 9.84 Å². The molecule has 0 aliphatic rings. The Labute approximate surface area is 139 Å². The van der Waals surface area contributed by atoms with E-state index in [1.807, 2.05) is 36.4 Å². The molecule has 0 spiro atoms. The number of carbonyl (C=O) groups excluding carboxylic acids is 1. The van der Waals surface area contributed by atoms with Crippen molar-refractivity contribution in [2.45, 2.75) is 46.1 Å². The van der Waals surface area contributed by atoms with Crippen molar-refractivity contribution in [3.8, 4) is 0 Å². The number of benzene rings is 1. The third kappa shape index (κ3) is 4.98. The molecule has 1 unspecified atom stereocenters. The van der Waals surface area contributed by atoms with E-state index in [4.69, 9.17) is 4.74 Å². The first-order chi connectivity index (χ1) is 9.88. The van der Waals surface area contributed by atoms with Crippen molar-refractivity contribution >= 4 is 34.5 Å². The lowest BCUT2D eigenvalue weighted by Crippen LogP contribution is -2.25. The number of carboxylic acid groups (broad SMARTS) is 1. The largest absolute Gasteiger partial charge is 0.478 e. The first-order valence-electron chi connectivity index (χ1n) is 7.11. The van der Waals surface area contributed by atoms with Crippen molar-refractivity contribution < 1.29 is 19.4 Å². The number of carbonyl (C=O) groups is 2. The highest BCUT2D eigenvalue weighted by Gasteiger charge is 2.24. The standard InChI is InChI=1S/C16H21IO4/c1-4-5-9-13(10(2)3)21-16(20)11-7-6-8-12(17)14(11)15(18)19/h6-8,10,13H,4-5,9H2,1-3H3,(H,18,19). The molecule has 0 saturated carbocycles. The molecule has 1 rings (SSSR count). The Morgan fingerprint density at radius 3 is 2.52 bits per heavy atom. The van der Waals surface area contributed by atoms with Gasteiger partial charge in [-0.1, -0.05) is 39.7 Å². The summed E-state index contributed by atoms with van der Waals surface area (Å²) < 4.78 is 6.07. The van der Waals surface area contributed by atoms with Crippen LogP contribution in [-0.4, -0.2) is 23.1 Å². The average molecular weight is 404 g/mol. The fourth-order valence-corrected chi connectivity index (χ4v) is 2.78. The molecule has 0 amide bonds. The highest BCUT2D eigenvalue weighted by Crippen LogP contribution is 2.21. The maximum Gasteiger partial charge on any atom is 0.339 e. The Balaban J connectivity index is 2.98. The zero-order chi connectivity index (χ0) is 16.0. The second-order valence-corrected chi connectivity index (χ2v) is 6.46. The summed E-state index contributed by atoms with van der Waals surface area (Å²) >= 11 is 1.92. The summed E-state index contributed by atoms with van der Waals surface area (Å²) in [6.07, 6.45) is 2.63. The molecule has 21 heavy (non-hydrogen) atoms. The van der Waals surface area contributed by atoms with E-state index in [1.54, 1.807) is 12.1 Å². The van der Waals surface area contributed by atoms with E-state index in [1.165, 1.54) is 6.07 Å². The summed E-state index contributed by atoms with van der Waals surface area (Å²) in [5.74, 6) is -1.46. The van der Waals surface area contributed by atoms with Gasteiger partial charge in [0.1, 0.15) is 6.10 Å². The molecule has 0 aromatic heterocycles. The van der Waals surface area contributed by atoms with Gasteiger partial charge in [-0.2, -0.15) is 0 Å². The Bertz CT molecular complexity index is 511. The van der Waals surface area contributed by atoms with Crippen molar-refractivity contribution in [1.82, 2.24) is 0 Å². The predicted octanol–water partition coefficient (Wildman–Crippen LogP) is 4.36. The summed E-state index contributed by atoms with van der Waals surface area (Å²) in [5.41, 5.74) is 0.137. The molecule has 0 heterocycles. The first-order valence-corrected chi connectivity index (χ1v) is 8.19. The fraction of sp³-hybridized carbons (Fsp3) is 0.500. The van der Waals surface area contributed by atoms with Crippen LogP contribution in [-0.2, 0) is 4.74 Å². The van der Waals surface area contributed by atoms with E-state index < -0.39 is 11.9 Å². The molecule has 1 aromatic rings. The lowest BCUT2D eigenvalue weighted by molar-refractivity contribution is 0.0148. The van der Waals surface area contributed by atoms with Crippen LogP contribution in [0.3, 0.4) is 0 Å². The van der Waals surface area contributed by atoms with Gasteiger partial charge in [-0.15, -0.1) is 0 Å². The molecule has 0 bridgehead atoms. The number of halogens is 1. The quantitative estimate of drug-likeness (QED) is 0.542. The predicted molar refractivity (Wildman–Crippen MR) is 89.7 cm³/mol. The van der Waals surface area contributed by atoms with Crippen molar-refractivity contribution in [3.63, 3.8) is 0 Å². The minimum absolute atomic E-state index is 0.0149. The minimum atomic E-state index is -1.11. The SMILES string of the molecule is CCCCC(OC(=O)c1cccc(I)c1C(=O)O)C(C)C. The van der Waals surface area contributed by atoms with Gasteiger partial charge in [-0.3, -0.25) is 0 Å². The van der Waals surface area contributed by atoms with Crippen LogP contribution in [0.4, 0.5) is 0 Å². The van der Waals surface area contributed by atoms with Crippen LogP contribution in [0, 0.1) is 9.49 Å². The maximum atomic E-state index is 12.3. The molecule has 1 N–H and O–H groups in total. The summed E-state index contributed by atoms with van der Waals surface area (Å²) in [5, 5.41) is 9.27. The maximum absolute atomic E-state index is 12.3. The van der Waals surface area contributed by atoms with Gasteiger partial charge in [0.25, 0.3) is 0 Å². The number of hydrogen-bond donors (Lipinski definition) is 1. The topological polar surface area (TPSA) is 63.6 Å². The summed E-state index contributed by atoms with van der Waals surface area (Å²) in [6, 6.07) is 4.84. The number of aromatic carboxylic acids is 1. The van der Waals surface area contributed by atoms with Crippen LogP contribution in [0.1, 0.15) is 60.7 Å². The summed E-state index contributed by atoms with van der Waals surface area (Å²) in [7, 11) is 0. The number of rotatable bonds is 7. The molecule has 5 heteroatoms. The number of hydrogen-bond acceptors (Lipinski definition) is 3. The molecular formula is C16H21IO4. The van der Waals surface area contributed by atoms with Crippen molar-refractivity contribution in [1.29, 1.82) is 0 Å². The molecule has 1 aromatic carbocycles. The highest BCUT2D eigenvalue weighted by molar-refractivity contribution is 14.1. The molecule has 0 aliphatic heterocycles. The van der Waals surface area contributed by atoms with Gasteiger partial charge in [0.15, 0.2) is 0 Å². The number of esters is 1. The lowest BCUT2D eigenvalue weighted by Gasteiger charge is -2.21. The zero-order valence-corrected chi connectivity index (χ0v) is 14.7. The van der Waals surface area contributed by atoms with Crippen LogP contribution in [0.2, 0.25) is 0 Å². The highest BCUT2D eigenvalue weighted by atomic mass is 127. The Kier molecular flexibility index (Phi) is 7.14. The van der Waals surface area contributed by atoms with Gasteiger partial charge in [-0.05, 0) is 47.1 Å². The van der Waals surface area contributed by atoms with Crippen molar-refractivity contribution in [2.24, 2.45) is 5.92 Å². The third-order valence-corrected chi connectivity index (χ3v) is 4.19. The van der Waals surface area contributed by atoms with E-state index in [2.05, 4.69) is 6.92 Å². The van der Waals surface area contributed by atoms with Crippen molar-refractivity contribution in [3.05, 3.63) is 32.9 Å². The summed E-state index contributed by atoms with van der Waals surface area (Å²) in [6.45, 7) is 6.09. The number of unbranched alkanes of at least 4 members (excludes halogenated alkanes) is 1. The Morgan fingerprint density at radius 2 is 2.00 bits per heavy atom. The van der Waals surface area contributed by atoms with E-state index in [0.717, 1.165) is 19.3 Å². The van der Waals surface area contributed by atoms with E-state index >= 15 is 0 Å². The third-order valence-electron chi connectivity index (χ3n) is 3.29.